The largest absolute Gasteiger partial charge is 0.463 e. The first kappa shape index (κ1) is 18.8. The van der Waals surface area contributed by atoms with Crippen molar-refractivity contribution in [2.24, 2.45) is 5.92 Å². The monoisotopic (exact) mass is 436 g/mol. The topological polar surface area (TPSA) is 96.2 Å². The van der Waals surface area contributed by atoms with Crippen LogP contribution in [-0.2, 0) is 10.0 Å². The fourth-order valence-corrected chi connectivity index (χ4v) is 4.56. The lowest BCUT2D eigenvalue weighted by atomic mass is 10.0. The number of hydrogen-bond donors (Lipinski definition) is 0. The van der Waals surface area contributed by atoms with Crippen LogP contribution in [0.3, 0.4) is 0 Å². The number of piperidine rings is 1. The van der Waals surface area contributed by atoms with Gasteiger partial charge in [-0.3, -0.25) is 0 Å². The molecule has 2 heterocycles. The summed E-state index contributed by atoms with van der Waals surface area (Å²) in [6.07, 6.45) is 4.86. The lowest BCUT2D eigenvalue weighted by Crippen LogP contribution is -2.41. The molecular formula is C17H17BrN4O3S. The van der Waals surface area contributed by atoms with Crippen LogP contribution in [0.4, 0.5) is 0 Å². The van der Waals surface area contributed by atoms with Crippen molar-refractivity contribution >= 4 is 26.0 Å². The lowest BCUT2D eigenvalue weighted by Gasteiger charge is -2.31. The Hall–Kier alpha value is -2.02. The predicted molar refractivity (Wildman–Crippen MR) is 97.9 cm³/mol. The van der Waals surface area contributed by atoms with Gasteiger partial charge in [-0.05, 0) is 53.0 Å². The zero-order chi connectivity index (χ0) is 18.6. The van der Waals surface area contributed by atoms with Gasteiger partial charge in [0.1, 0.15) is 0 Å². The van der Waals surface area contributed by atoms with E-state index in [1.54, 1.807) is 12.4 Å². The predicted octanol–water partition coefficient (Wildman–Crippen LogP) is 2.59. The minimum absolute atomic E-state index is 0.0733. The first-order valence-electron chi connectivity index (χ1n) is 8.09. The molecule has 1 aromatic heterocycles. The summed E-state index contributed by atoms with van der Waals surface area (Å²) >= 11 is 3.26. The molecule has 9 heteroatoms. The van der Waals surface area contributed by atoms with Gasteiger partial charge in [-0.1, -0.05) is 0 Å². The second-order valence-electron chi connectivity index (χ2n) is 6.00. The highest BCUT2D eigenvalue weighted by Gasteiger charge is 2.30. The molecule has 0 spiro atoms. The Morgan fingerprint density at radius 1 is 1.27 bits per heavy atom. The number of nitrogens with zero attached hydrogens (tertiary/aromatic N) is 4. The molecule has 2 aromatic rings. The lowest BCUT2D eigenvalue weighted by molar-refractivity contribution is 0.171. The number of rotatable bonds is 5. The number of aromatic nitrogens is 2. The molecule has 26 heavy (non-hydrogen) atoms. The summed E-state index contributed by atoms with van der Waals surface area (Å²) in [4.78, 5) is 8.31. The number of benzene rings is 1. The van der Waals surface area contributed by atoms with Crippen LogP contribution in [0.2, 0.25) is 0 Å². The first-order valence-corrected chi connectivity index (χ1v) is 10.3. The van der Waals surface area contributed by atoms with Crippen molar-refractivity contribution in [3.05, 3.63) is 46.7 Å². The molecule has 0 N–H and O–H groups in total. The van der Waals surface area contributed by atoms with Crippen LogP contribution in [0.25, 0.3) is 0 Å². The van der Waals surface area contributed by atoms with E-state index in [9.17, 15) is 8.42 Å². The molecule has 1 fully saturated rings. The molecule has 3 rings (SSSR count). The number of ether oxygens (including phenoxy) is 1. The maximum atomic E-state index is 12.8. The van der Waals surface area contributed by atoms with Crippen LogP contribution in [0.5, 0.6) is 6.01 Å². The van der Waals surface area contributed by atoms with Gasteiger partial charge in [-0.25, -0.2) is 18.4 Å². The molecule has 1 unspecified atom stereocenters. The minimum Gasteiger partial charge on any atom is -0.463 e. The average Bonchev–Trinajstić information content (AvgIpc) is 2.68. The molecule has 1 aliphatic rings. The van der Waals surface area contributed by atoms with Crippen LogP contribution in [0.15, 0.2) is 46.0 Å². The number of sulfonamides is 1. The molecule has 0 aliphatic carbocycles. The van der Waals surface area contributed by atoms with Gasteiger partial charge in [-0.2, -0.15) is 9.57 Å². The fraction of sp³-hybridized carbons (Fsp3) is 0.353. The highest BCUT2D eigenvalue weighted by atomic mass is 79.9. The summed E-state index contributed by atoms with van der Waals surface area (Å²) in [6.45, 7) is 1.23. The smallest absolute Gasteiger partial charge is 0.316 e. The van der Waals surface area contributed by atoms with Gasteiger partial charge in [-0.15, -0.1) is 0 Å². The third-order valence-electron chi connectivity index (χ3n) is 4.15. The first-order chi connectivity index (χ1) is 12.5. The third-order valence-corrected chi connectivity index (χ3v) is 6.44. The molecule has 0 bridgehead atoms. The van der Waals surface area contributed by atoms with Crippen molar-refractivity contribution in [1.82, 2.24) is 14.3 Å². The third kappa shape index (κ3) is 4.38. The Bertz CT molecular complexity index is 895. The summed E-state index contributed by atoms with van der Waals surface area (Å²) in [6, 6.07) is 8.25. The normalized spacial score (nSPS) is 18.2. The molecule has 0 saturated carbocycles. The van der Waals surface area contributed by atoms with E-state index in [4.69, 9.17) is 10.00 Å². The second kappa shape index (κ2) is 8.12. The summed E-state index contributed by atoms with van der Waals surface area (Å²) < 4.78 is 33.5. The molecule has 0 radical (unpaired) electrons. The van der Waals surface area contributed by atoms with Gasteiger partial charge < -0.3 is 4.74 Å². The molecule has 1 aromatic carbocycles. The van der Waals surface area contributed by atoms with Crippen LogP contribution < -0.4 is 4.74 Å². The number of hydrogen-bond acceptors (Lipinski definition) is 6. The van der Waals surface area contributed by atoms with Crippen LogP contribution in [0, 0.1) is 17.2 Å². The van der Waals surface area contributed by atoms with Crippen molar-refractivity contribution in [1.29, 1.82) is 5.26 Å². The Kier molecular flexibility index (Phi) is 5.86. The average molecular weight is 437 g/mol. The van der Waals surface area contributed by atoms with Gasteiger partial charge in [0, 0.05) is 31.4 Å². The van der Waals surface area contributed by atoms with Crippen molar-refractivity contribution in [3.63, 3.8) is 0 Å². The standard InChI is InChI=1S/C17H17BrN4O3S/c18-15-9-20-17(21-10-15)25-12-14-2-1-7-22(11-14)26(23,24)16-5-3-13(8-19)4-6-16/h3-6,9-10,14H,1-2,7,11-12H2. The molecule has 7 nitrogen and oxygen atoms in total. The van der Waals surface area contributed by atoms with E-state index in [0.29, 0.717) is 25.3 Å². The van der Waals surface area contributed by atoms with E-state index in [2.05, 4.69) is 25.9 Å². The van der Waals surface area contributed by atoms with E-state index < -0.39 is 10.0 Å². The van der Waals surface area contributed by atoms with E-state index in [-0.39, 0.29) is 16.8 Å². The molecule has 136 valence electrons. The Balaban J connectivity index is 1.65. The van der Waals surface area contributed by atoms with E-state index >= 15 is 0 Å². The van der Waals surface area contributed by atoms with E-state index in [1.807, 2.05) is 6.07 Å². The highest BCUT2D eigenvalue weighted by Crippen LogP contribution is 2.24. The quantitative estimate of drug-likeness (QED) is 0.714. The highest BCUT2D eigenvalue weighted by molar-refractivity contribution is 9.10. The summed E-state index contributed by atoms with van der Waals surface area (Å²) in [7, 11) is -3.58. The van der Waals surface area contributed by atoms with Gasteiger partial charge >= 0.3 is 6.01 Å². The summed E-state index contributed by atoms with van der Waals surface area (Å²) in [5, 5.41) is 8.85. The van der Waals surface area contributed by atoms with Crippen LogP contribution >= 0.6 is 15.9 Å². The van der Waals surface area contributed by atoms with Crippen molar-refractivity contribution in [2.45, 2.75) is 17.7 Å². The van der Waals surface area contributed by atoms with Crippen LogP contribution in [-0.4, -0.2) is 42.4 Å². The molecule has 1 aliphatic heterocycles. The Labute approximate surface area is 160 Å². The van der Waals surface area contributed by atoms with E-state index in [0.717, 1.165) is 17.3 Å². The molecule has 1 saturated heterocycles. The summed E-state index contributed by atoms with van der Waals surface area (Å²) in [5.41, 5.74) is 0.434. The maximum Gasteiger partial charge on any atom is 0.316 e. The van der Waals surface area contributed by atoms with Gasteiger partial charge in [0.2, 0.25) is 10.0 Å². The zero-order valence-electron chi connectivity index (χ0n) is 13.9. The second-order valence-corrected chi connectivity index (χ2v) is 8.86. The fourth-order valence-electron chi connectivity index (χ4n) is 2.80. The van der Waals surface area contributed by atoms with Crippen molar-refractivity contribution in [3.8, 4) is 12.1 Å². The van der Waals surface area contributed by atoms with Crippen LogP contribution in [0.1, 0.15) is 18.4 Å². The van der Waals surface area contributed by atoms with Crippen molar-refractivity contribution in [2.75, 3.05) is 19.7 Å². The molecular weight excluding hydrogens is 420 g/mol. The van der Waals surface area contributed by atoms with Gasteiger partial charge in [0.15, 0.2) is 0 Å². The minimum atomic E-state index is -3.58. The number of halogens is 1. The number of nitriles is 1. The summed E-state index contributed by atoms with van der Waals surface area (Å²) in [5.74, 6) is 0.0733. The maximum absolute atomic E-state index is 12.8. The SMILES string of the molecule is N#Cc1ccc(S(=O)(=O)N2CCCC(COc3ncc(Br)cn3)C2)cc1. The Morgan fingerprint density at radius 3 is 2.62 bits per heavy atom. The van der Waals surface area contributed by atoms with Gasteiger partial charge in [0.25, 0.3) is 0 Å². The van der Waals surface area contributed by atoms with Gasteiger partial charge in [0.05, 0.1) is 27.6 Å². The van der Waals surface area contributed by atoms with Crippen molar-refractivity contribution < 1.29 is 13.2 Å². The molecule has 0 amide bonds. The Morgan fingerprint density at radius 2 is 1.96 bits per heavy atom. The zero-order valence-corrected chi connectivity index (χ0v) is 16.3. The molecule has 1 atom stereocenters. The van der Waals surface area contributed by atoms with E-state index in [1.165, 1.54) is 28.6 Å².